The van der Waals surface area contributed by atoms with E-state index in [0.29, 0.717) is 24.7 Å². The maximum atomic E-state index is 12.6. The summed E-state index contributed by atoms with van der Waals surface area (Å²) in [6, 6.07) is 5.27. The molecule has 7 nitrogen and oxygen atoms in total. The number of carbonyl (C=O) groups is 1. The average molecular weight is 328 g/mol. The molecule has 126 valence electrons. The van der Waals surface area contributed by atoms with Gasteiger partial charge >= 0.3 is 5.69 Å². The topological polar surface area (TPSA) is 88.1 Å². The highest BCUT2D eigenvalue weighted by Gasteiger charge is 2.24. The van der Waals surface area contributed by atoms with Gasteiger partial charge in [-0.1, -0.05) is 13.0 Å². The quantitative estimate of drug-likeness (QED) is 0.905. The van der Waals surface area contributed by atoms with Gasteiger partial charge in [0.15, 0.2) is 0 Å². The molecule has 1 fully saturated rings. The number of H-pyrrole nitrogens is 1. The van der Waals surface area contributed by atoms with E-state index in [2.05, 4.69) is 16.9 Å². The first kappa shape index (κ1) is 16.2. The van der Waals surface area contributed by atoms with Gasteiger partial charge in [0.1, 0.15) is 5.56 Å². The maximum absolute atomic E-state index is 12.6. The van der Waals surface area contributed by atoms with Crippen LogP contribution in [0.5, 0.6) is 0 Å². The van der Waals surface area contributed by atoms with Crippen molar-refractivity contribution in [1.29, 1.82) is 0 Å². The number of likely N-dealkylation sites (tertiary alicyclic amines) is 1. The molecule has 1 aliphatic heterocycles. The lowest BCUT2D eigenvalue weighted by molar-refractivity contribution is 0.0694. The number of nitrogens with one attached hydrogen (secondary N) is 1. The van der Waals surface area contributed by atoms with Gasteiger partial charge in [-0.2, -0.15) is 0 Å². The van der Waals surface area contributed by atoms with Crippen molar-refractivity contribution < 1.29 is 4.79 Å². The van der Waals surface area contributed by atoms with Crippen LogP contribution in [0.1, 0.15) is 35.8 Å². The molecule has 2 aromatic rings. The van der Waals surface area contributed by atoms with Gasteiger partial charge in [0, 0.05) is 25.5 Å². The molecule has 0 aliphatic carbocycles. The van der Waals surface area contributed by atoms with Gasteiger partial charge in [0.25, 0.3) is 11.5 Å². The van der Waals surface area contributed by atoms with Crippen LogP contribution in [0.25, 0.3) is 0 Å². The van der Waals surface area contributed by atoms with Crippen molar-refractivity contribution in [2.75, 3.05) is 13.1 Å². The average Bonchev–Trinajstić information content (AvgIpc) is 2.60. The van der Waals surface area contributed by atoms with E-state index in [9.17, 15) is 14.4 Å². The van der Waals surface area contributed by atoms with Crippen LogP contribution in [0.2, 0.25) is 0 Å². The Kier molecular flexibility index (Phi) is 4.59. The zero-order valence-electron chi connectivity index (χ0n) is 13.6. The molecule has 3 rings (SSSR count). The highest BCUT2D eigenvalue weighted by molar-refractivity contribution is 5.93. The van der Waals surface area contributed by atoms with Crippen molar-refractivity contribution >= 4 is 5.91 Å². The summed E-state index contributed by atoms with van der Waals surface area (Å²) < 4.78 is 1.02. The van der Waals surface area contributed by atoms with Gasteiger partial charge in [0.05, 0.1) is 12.2 Å². The molecular weight excluding hydrogens is 308 g/mol. The van der Waals surface area contributed by atoms with E-state index in [-0.39, 0.29) is 18.0 Å². The molecule has 1 aliphatic rings. The molecule has 2 aromatic heterocycles. The van der Waals surface area contributed by atoms with Crippen molar-refractivity contribution in [3.63, 3.8) is 0 Å². The number of rotatable bonds is 3. The Morgan fingerprint density at radius 3 is 2.71 bits per heavy atom. The van der Waals surface area contributed by atoms with Gasteiger partial charge in [-0.05, 0) is 30.9 Å². The summed E-state index contributed by atoms with van der Waals surface area (Å²) in [5, 5.41) is 0. The first-order valence-corrected chi connectivity index (χ1v) is 8.08. The summed E-state index contributed by atoms with van der Waals surface area (Å²) in [4.78, 5) is 45.5. The predicted molar refractivity (Wildman–Crippen MR) is 89.0 cm³/mol. The Balaban J connectivity index is 1.90. The third kappa shape index (κ3) is 3.29. The number of pyridine rings is 1. The molecule has 0 aromatic carbocycles. The monoisotopic (exact) mass is 328 g/mol. The van der Waals surface area contributed by atoms with E-state index in [4.69, 9.17) is 0 Å². The lowest BCUT2D eigenvalue weighted by Crippen LogP contribution is -2.44. The lowest BCUT2D eigenvalue weighted by atomic mass is 9.99. The van der Waals surface area contributed by atoms with Gasteiger partial charge in [-0.15, -0.1) is 0 Å². The van der Waals surface area contributed by atoms with Crippen LogP contribution in [0.15, 0.2) is 40.2 Å². The van der Waals surface area contributed by atoms with Crippen LogP contribution >= 0.6 is 0 Å². The lowest BCUT2D eigenvalue weighted by Gasteiger charge is -2.30. The van der Waals surface area contributed by atoms with E-state index in [1.54, 1.807) is 29.3 Å². The minimum Gasteiger partial charge on any atom is -0.338 e. The zero-order valence-corrected chi connectivity index (χ0v) is 13.6. The fraction of sp³-hybridized carbons (Fsp3) is 0.412. The number of hydrogen-bond donors (Lipinski definition) is 1. The van der Waals surface area contributed by atoms with Crippen molar-refractivity contribution in [3.05, 3.63) is 62.7 Å². The molecule has 24 heavy (non-hydrogen) atoms. The molecule has 0 radical (unpaired) electrons. The molecule has 1 N–H and O–H groups in total. The Bertz CT molecular complexity index is 833. The van der Waals surface area contributed by atoms with Gasteiger partial charge in [0.2, 0.25) is 0 Å². The van der Waals surface area contributed by atoms with Gasteiger partial charge in [-0.3, -0.25) is 19.1 Å². The summed E-state index contributed by atoms with van der Waals surface area (Å²) in [7, 11) is 0. The summed E-state index contributed by atoms with van der Waals surface area (Å²) >= 11 is 0. The predicted octanol–water partition coefficient (Wildman–Crippen LogP) is 0.852. The second-order valence-electron chi connectivity index (χ2n) is 6.19. The minimum atomic E-state index is -0.576. The third-order valence-corrected chi connectivity index (χ3v) is 4.41. The van der Waals surface area contributed by atoms with Crippen molar-refractivity contribution in [1.82, 2.24) is 19.4 Å². The van der Waals surface area contributed by atoms with E-state index >= 15 is 0 Å². The molecule has 0 bridgehead atoms. The molecule has 1 amide bonds. The smallest absolute Gasteiger partial charge is 0.328 e. The Hall–Kier alpha value is -2.70. The molecule has 0 unspecified atom stereocenters. The van der Waals surface area contributed by atoms with E-state index < -0.39 is 11.2 Å². The zero-order chi connectivity index (χ0) is 17.1. The van der Waals surface area contributed by atoms with Crippen LogP contribution in [-0.4, -0.2) is 38.4 Å². The largest absolute Gasteiger partial charge is 0.338 e. The molecule has 0 saturated carbocycles. The number of hydrogen-bond acceptors (Lipinski definition) is 4. The number of carbonyl (C=O) groups excluding carboxylic acids is 1. The first-order chi connectivity index (χ1) is 11.6. The second kappa shape index (κ2) is 6.82. The van der Waals surface area contributed by atoms with Crippen LogP contribution in [-0.2, 0) is 6.54 Å². The van der Waals surface area contributed by atoms with E-state index in [1.165, 1.54) is 6.20 Å². The number of aromatic nitrogens is 3. The molecule has 7 heteroatoms. The Morgan fingerprint density at radius 2 is 2.04 bits per heavy atom. The van der Waals surface area contributed by atoms with E-state index in [1.807, 2.05) is 0 Å². The fourth-order valence-electron chi connectivity index (χ4n) is 2.84. The SMILES string of the molecule is CC1CCN(C(=O)c2c[nH]c(=O)n(Cc3ccccn3)c2=O)CC1. The normalized spacial score (nSPS) is 15.5. The second-order valence-corrected chi connectivity index (χ2v) is 6.19. The van der Waals surface area contributed by atoms with Crippen LogP contribution in [0.4, 0.5) is 0 Å². The molecule has 0 atom stereocenters. The highest BCUT2D eigenvalue weighted by atomic mass is 16.2. The van der Waals surface area contributed by atoms with Crippen LogP contribution in [0.3, 0.4) is 0 Å². The summed E-state index contributed by atoms with van der Waals surface area (Å²) in [5.74, 6) is 0.267. The Morgan fingerprint density at radius 1 is 1.29 bits per heavy atom. The molecule has 3 heterocycles. The summed E-state index contributed by atoms with van der Waals surface area (Å²) in [6.45, 7) is 3.46. The number of aromatic amines is 1. The third-order valence-electron chi connectivity index (χ3n) is 4.41. The van der Waals surface area contributed by atoms with Crippen molar-refractivity contribution in [2.45, 2.75) is 26.3 Å². The van der Waals surface area contributed by atoms with Crippen molar-refractivity contribution in [2.24, 2.45) is 5.92 Å². The molecule has 1 saturated heterocycles. The number of piperidine rings is 1. The van der Waals surface area contributed by atoms with Crippen molar-refractivity contribution in [3.8, 4) is 0 Å². The van der Waals surface area contributed by atoms with Gasteiger partial charge < -0.3 is 9.88 Å². The summed E-state index contributed by atoms with van der Waals surface area (Å²) in [5.41, 5.74) is -0.538. The van der Waals surface area contributed by atoms with E-state index in [0.717, 1.165) is 17.4 Å². The Labute approximate surface area is 139 Å². The number of nitrogens with zero attached hydrogens (tertiary/aromatic N) is 3. The summed E-state index contributed by atoms with van der Waals surface area (Å²) in [6.07, 6.45) is 4.67. The first-order valence-electron chi connectivity index (χ1n) is 8.08. The standard InChI is InChI=1S/C17H20N4O3/c1-12-5-8-20(9-6-12)15(22)14-10-19-17(24)21(16(14)23)11-13-4-2-3-7-18-13/h2-4,7,10,12H,5-6,8-9,11H2,1H3,(H,19,24). The van der Waals surface area contributed by atoms with Crippen LogP contribution in [0, 0.1) is 5.92 Å². The van der Waals surface area contributed by atoms with Gasteiger partial charge in [-0.25, -0.2) is 4.79 Å². The minimum absolute atomic E-state index is 0.0000779. The highest BCUT2D eigenvalue weighted by Crippen LogP contribution is 2.17. The molecule has 0 spiro atoms. The molecular formula is C17H20N4O3. The van der Waals surface area contributed by atoms with Crippen LogP contribution < -0.4 is 11.2 Å². The maximum Gasteiger partial charge on any atom is 0.328 e. The fourth-order valence-corrected chi connectivity index (χ4v) is 2.84. The number of amides is 1.